The van der Waals surface area contributed by atoms with Crippen molar-refractivity contribution in [3.8, 4) is 11.1 Å². The first-order valence-electron chi connectivity index (χ1n) is 8.59. The van der Waals surface area contributed by atoms with Crippen molar-refractivity contribution in [1.29, 1.82) is 0 Å². The molecule has 0 saturated carbocycles. The van der Waals surface area contributed by atoms with Crippen LogP contribution in [0.5, 0.6) is 0 Å². The van der Waals surface area contributed by atoms with E-state index in [9.17, 15) is 9.59 Å². The van der Waals surface area contributed by atoms with Crippen molar-refractivity contribution >= 4 is 17.9 Å². The molecule has 0 spiro atoms. The second-order valence-corrected chi connectivity index (χ2v) is 7.16. The number of ether oxygens (including phenoxy) is 2. The number of esters is 1. The highest BCUT2D eigenvalue weighted by molar-refractivity contribution is 5.95. The molecule has 3 rings (SSSR count). The smallest absolute Gasteiger partial charge is 0.416 e. The van der Waals surface area contributed by atoms with Crippen LogP contribution in [0.3, 0.4) is 0 Å². The van der Waals surface area contributed by atoms with Gasteiger partial charge in [-0.05, 0) is 39.0 Å². The number of cyclic esters (lactones) is 1. The molecule has 8 nitrogen and oxygen atoms in total. The molecule has 8 heteroatoms. The van der Waals surface area contributed by atoms with Crippen molar-refractivity contribution in [2.75, 3.05) is 11.4 Å². The van der Waals surface area contributed by atoms with Crippen LogP contribution in [0, 0.1) is 0 Å². The molecule has 2 aromatic rings. The highest BCUT2D eigenvalue weighted by atomic mass is 16.6. The van der Waals surface area contributed by atoms with Gasteiger partial charge in [-0.1, -0.05) is 6.07 Å². The molecule has 2 atom stereocenters. The molecule has 2 N–H and O–H groups in total. The van der Waals surface area contributed by atoms with Crippen LogP contribution in [-0.2, 0) is 14.3 Å². The van der Waals surface area contributed by atoms with Gasteiger partial charge in [0, 0.05) is 36.3 Å². The minimum absolute atomic E-state index is 0.0295. The summed E-state index contributed by atoms with van der Waals surface area (Å²) in [5, 5.41) is 0. The molecule has 2 aromatic heterocycles. The van der Waals surface area contributed by atoms with Gasteiger partial charge in [-0.3, -0.25) is 9.88 Å². The van der Waals surface area contributed by atoms with Gasteiger partial charge in [-0.15, -0.1) is 0 Å². The molecule has 1 amide bonds. The van der Waals surface area contributed by atoms with Gasteiger partial charge in [0.25, 0.3) is 0 Å². The topological polar surface area (TPSA) is 108 Å². The van der Waals surface area contributed by atoms with E-state index in [0.29, 0.717) is 5.82 Å². The number of carbonyl (C=O) groups is 2. The molecule has 142 valence electrons. The largest absolute Gasteiger partial charge is 0.457 e. The number of rotatable bonds is 4. The summed E-state index contributed by atoms with van der Waals surface area (Å²) in [6.07, 6.45) is 3.27. The van der Waals surface area contributed by atoms with Crippen molar-refractivity contribution in [3.05, 3.63) is 42.9 Å². The van der Waals surface area contributed by atoms with E-state index in [1.165, 1.54) is 4.90 Å². The van der Waals surface area contributed by atoms with Gasteiger partial charge in [-0.2, -0.15) is 0 Å². The molecular formula is C19H22N4O4. The van der Waals surface area contributed by atoms with E-state index in [1.54, 1.807) is 45.4 Å². The monoisotopic (exact) mass is 370 g/mol. The van der Waals surface area contributed by atoms with E-state index < -0.39 is 29.8 Å². The number of nitrogens with two attached hydrogens (primary N) is 1. The highest BCUT2D eigenvalue weighted by Crippen LogP contribution is 2.28. The van der Waals surface area contributed by atoms with Gasteiger partial charge in [0.05, 0.1) is 0 Å². The zero-order chi connectivity index (χ0) is 19.6. The zero-order valence-corrected chi connectivity index (χ0v) is 15.5. The summed E-state index contributed by atoms with van der Waals surface area (Å²) in [7, 11) is 0. The van der Waals surface area contributed by atoms with E-state index >= 15 is 0 Å². The second kappa shape index (κ2) is 7.32. The molecule has 0 aliphatic carbocycles. The molecule has 0 radical (unpaired) electrons. The summed E-state index contributed by atoms with van der Waals surface area (Å²) < 4.78 is 10.6. The summed E-state index contributed by atoms with van der Waals surface area (Å²) >= 11 is 0. The Bertz CT molecular complexity index is 818. The van der Waals surface area contributed by atoms with Crippen molar-refractivity contribution in [2.24, 2.45) is 5.73 Å². The van der Waals surface area contributed by atoms with Gasteiger partial charge in [0.2, 0.25) is 6.10 Å². The number of hydrogen-bond donors (Lipinski definition) is 1. The number of hydrogen-bond acceptors (Lipinski definition) is 7. The molecular weight excluding hydrogens is 348 g/mol. The van der Waals surface area contributed by atoms with Crippen molar-refractivity contribution in [2.45, 2.75) is 38.5 Å². The lowest BCUT2D eigenvalue weighted by Gasteiger charge is -2.25. The number of carbonyl (C=O) groups excluding carboxylic acids is 2. The van der Waals surface area contributed by atoms with E-state index in [1.807, 2.05) is 18.2 Å². The third-order valence-corrected chi connectivity index (χ3v) is 3.98. The number of amides is 1. The van der Waals surface area contributed by atoms with Gasteiger partial charge in [-0.25, -0.2) is 14.6 Å². The minimum Gasteiger partial charge on any atom is -0.457 e. The van der Waals surface area contributed by atoms with Crippen molar-refractivity contribution in [1.82, 2.24) is 9.97 Å². The Labute approximate surface area is 157 Å². The molecule has 1 aliphatic heterocycles. The van der Waals surface area contributed by atoms with Crippen molar-refractivity contribution < 1.29 is 19.1 Å². The van der Waals surface area contributed by atoms with Crippen LogP contribution in [0.4, 0.5) is 10.6 Å². The lowest BCUT2D eigenvalue weighted by Crippen LogP contribution is -2.47. The quantitative estimate of drug-likeness (QED) is 0.822. The van der Waals surface area contributed by atoms with Crippen LogP contribution in [-0.4, -0.2) is 46.3 Å². The number of aromatic nitrogens is 2. The van der Waals surface area contributed by atoms with Crippen LogP contribution in [0.2, 0.25) is 0 Å². The average Bonchev–Trinajstić information content (AvgIpc) is 2.98. The molecule has 0 bridgehead atoms. The number of anilines is 1. The van der Waals surface area contributed by atoms with E-state index in [0.717, 1.165) is 11.1 Å². The van der Waals surface area contributed by atoms with E-state index in [4.69, 9.17) is 15.2 Å². The third-order valence-electron chi connectivity index (χ3n) is 3.98. The van der Waals surface area contributed by atoms with Gasteiger partial charge in [0.15, 0.2) is 0 Å². The molecule has 1 saturated heterocycles. The maximum atomic E-state index is 12.4. The predicted molar refractivity (Wildman–Crippen MR) is 98.9 cm³/mol. The van der Waals surface area contributed by atoms with Crippen LogP contribution < -0.4 is 10.6 Å². The Balaban J connectivity index is 1.83. The fourth-order valence-corrected chi connectivity index (χ4v) is 2.81. The summed E-state index contributed by atoms with van der Waals surface area (Å²) in [5.74, 6) is -0.269. The average molecular weight is 370 g/mol. The summed E-state index contributed by atoms with van der Waals surface area (Å²) in [5.41, 5.74) is 6.88. The Morgan fingerprint density at radius 3 is 2.56 bits per heavy atom. The van der Waals surface area contributed by atoms with Gasteiger partial charge >= 0.3 is 12.1 Å². The van der Waals surface area contributed by atoms with E-state index in [-0.39, 0.29) is 6.54 Å². The Hall–Kier alpha value is -3.00. The molecule has 2 unspecified atom stereocenters. The van der Waals surface area contributed by atoms with Crippen LogP contribution >= 0.6 is 0 Å². The predicted octanol–water partition coefficient (Wildman–Crippen LogP) is 2.14. The van der Waals surface area contributed by atoms with Crippen molar-refractivity contribution in [3.63, 3.8) is 0 Å². The highest BCUT2D eigenvalue weighted by Gasteiger charge is 2.48. The normalized spacial score (nSPS) is 19.7. The summed E-state index contributed by atoms with van der Waals surface area (Å²) in [6.45, 7) is 5.27. The molecule has 1 aliphatic rings. The zero-order valence-electron chi connectivity index (χ0n) is 15.5. The van der Waals surface area contributed by atoms with Gasteiger partial charge < -0.3 is 15.2 Å². The first kappa shape index (κ1) is 18.8. The van der Waals surface area contributed by atoms with Crippen LogP contribution in [0.1, 0.15) is 20.8 Å². The Morgan fingerprint density at radius 2 is 2.00 bits per heavy atom. The first-order chi connectivity index (χ1) is 12.8. The number of nitrogens with zero attached hydrogens (tertiary/aromatic N) is 3. The first-order valence-corrected chi connectivity index (χ1v) is 8.59. The maximum Gasteiger partial charge on any atom is 0.416 e. The van der Waals surface area contributed by atoms with Crippen LogP contribution in [0.15, 0.2) is 42.9 Å². The lowest BCUT2D eigenvalue weighted by molar-refractivity contribution is -0.164. The molecule has 0 aromatic carbocycles. The molecule has 27 heavy (non-hydrogen) atoms. The lowest BCUT2D eigenvalue weighted by atomic mass is 10.1. The molecule has 3 heterocycles. The van der Waals surface area contributed by atoms with Gasteiger partial charge in [0.1, 0.15) is 17.5 Å². The van der Waals surface area contributed by atoms with E-state index in [2.05, 4.69) is 9.97 Å². The third kappa shape index (κ3) is 4.06. The maximum absolute atomic E-state index is 12.4. The number of pyridine rings is 2. The summed E-state index contributed by atoms with van der Waals surface area (Å²) in [6, 6.07) is 6.56. The SMILES string of the molecule is CC(C)(C)OC(=O)C1OC(=O)N(c2ccc(-c3cccnc3)cn2)C1CN. The fourth-order valence-electron chi connectivity index (χ4n) is 2.81. The standard InChI is InChI=1S/C19H22N4O4/c1-19(2,3)27-17(24)16-14(9-20)23(18(25)26-16)15-7-6-13(11-22-15)12-5-4-8-21-10-12/h4-8,10-11,14,16H,9,20H2,1-3H3. The van der Waals surface area contributed by atoms with Crippen LogP contribution in [0.25, 0.3) is 11.1 Å². The Morgan fingerprint density at radius 1 is 1.26 bits per heavy atom. The minimum atomic E-state index is -1.10. The Kier molecular flexibility index (Phi) is 5.09. The molecule has 1 fully saturated rings. The summed E-state index contributed by atoms with van der Waals surface area (Å²) in [4.78, 5) is 34.5. The fraction of sp³-hybridized carbons (Fsp3) is 0.368. The second-order valence-electron chi connectivity index (χ2n) is 7.16.